The Balaban J connectivity index is 3.17. The van der Waals surface area contributed by atoms with E-state index in [2.05, 4.69) is 40.8 Å². The Kier molecular flexibility index (Phi) is 5.24. The van der Waals surface area contributed by atoms with Crippen LogP contribution >= 0.6 is 15.3 Å². The summed E-state index contributed by atoms with van der Waals surface area (Å²) in [7, 11) is 2.62. The zero-order valence-electron chi connectivity index (χ0n) is 5.82. The van der Waals surface area contributed by atoms with Gasteiger partial charge in [0.25, 0.3) is 0 Å². The molecule has 8 heavy (non-hydrogen) atoms. The third-order valence-corrected chi connectivity index (χ3v) is 8.74. The van der Waals surface area contributed by atoms with Gasteiger partial charge in [-0.25, -0.2) is 0 Å². The van der Waals surface area contributed by atoms with Gasteiger partial charge in [0.15, 0.2) is 0 Å². The van der Waals surface area contributed by atoms with E-state index in [1.807, 2.05) is 0 Å². The minimum absolute atomic E-state index is 0.188. The summed E-state index contributed by atoms with van der Waals surface area (Å²) in [6, 6.07) is 0.770. The Labute approximate surface area is 63.9 Å². The van der Waals surface area contributed by atoms with Gasteiger partial charge in [-0.05, 0) is 13.1 Å². The molecular formula is C4H14BrNSi2. The van der Waals surface area contributed by atoms with Crippen molar-refractivity contribution in [1.29, 1.82) is 0 Å². The molecule has 0 bridgehead atoms. The van der Waals surface area contributed by atoms with Gasteiger partial charge in [0.1, 0.15) is 7.66 Å². The summed E-state index contributed by atoms with van der Waals surface area (Å²) in [6.07, 6.45) is 0. The van der Waals surface area contributed by atoms with Crippen LogP contribution in [0.15, 0.2) is 0 Å². The summed E-state index contributed by atoms with van der Waals surface area (Å²) in [4.78, 5) is 0. The molecule has 0 saturated heterocycles. The van der Waals surface area contributed by atoms with Crippen LogP contribution in [-0.2, 0) is 0 Å². The minimum atomic E-state index is 0.188. The van der Waals surface area contributed by atoms with Gasteiger partial charge in [-0.15, -0.1) is 15.3 Å². The standard InChI is InChI=1S/C4H14BrNSi2/c1-4(2)6(3)8-7-5/h4H,7-8H2,1-3H3. The summed E-state index contributed by atoms with van der Waals surface area (Å²) in [6.45, 7) is 4.51. The second-order valence-electron chi connectivity index (χ2n) is 2.26. The van der Waals surface area contributed by atoms with Gasteiger partial charge >= 0.3 is 0 Å². The van der Waals surface area contributed by atoms with Crippen LogP contribution in [0.1, 0.15) is 13.8 Å². The van der Waals surface area contributed by atoms with Crippen molar-refractivity contribution in [3.63, 3.8) is 0 Å². The highest BCUT2D eigenvalue weighted by Crippen LogP contribution is 1.89. The first-order chi connectivity index (χ1) is 3.68. The van der Waals surface area contributed by atoms with Crippen molar-refractivity contribution < 1.29 is 0 Å². The lowest BCUT2D eigenvalue weighted by Crippen LogP contribution is -2.32. The third-order valence-electron chi connectivity index (χ3n) is 1.32. The van der Waals surface area contributed by atoms with Gasteiger partial charge in [-0.2, -0.15) is 0 Å². The van der Waals surface area contributed by atoms with E-state index in [9.17, 15) is 0 Å². The molecule has 0 aromatic carbocycles. The molecule has 0 aliphatic carbocycles. The minimum Gasteiger partial charge on any atom is -0.331 e. The first-order valence-corrected chi connectivity index (χ1v) is 11.5. The van der Waals surface area contributed by atoms with Gasteiger partial charge in [0.2, 0.25) is 0 Å². The number of hydrogen-bond acceptors (Lipinski definition) is 1. The van der Waals surface area contributed by atoms with E-state index in [0.29, 0.717) is 0 Å². The van der Waals surface area contributed by atoms with Crippen molar-refractivity contribution in [3.05, 3.63) is 0 Å². The summed E-state index contributed by atoms with van der Waals surface area (Å²) < 4.78 is 2.50. The molecule has 0 N–H and O–H groups in total. The fourth-order valence-corrected chi connectivity index (χ4v) is 8.56. The Hall–Kier alpha value is 0.874. The van der Waals surface area contributed by atoms with Crippen LogP contribution in [0.2, 0.25) is 0 Å². The highest BCUT2D eigenvalue weighted by atomic mass is 79.9. The quantitative estimate of drug-likeness (QED) is 0.463. The number of halogens is 1. The first-order valence-electron chi connectivity index (χ1n) is 2.94. The van der Waals surface area contributed by atoms with Crippen molar-refractivity contribution in [2.24, 2.45) is 0 Å². The Morgan fingerprint density at radius 1 is 1.50 bits per heavy atom. The Bertz CT molecular complexity index is 60.0. The molecule has 0 aromatic heterocycles. The zero-order chi connectivity index (χ0) is 6.57. The van der Waals surface area contributed by atoms with Crippen LogP contribution in [-0.4, -0.2) is 34.5 Å². The van der Waals surface area contributed by atoms with E-state index in [0.717, 1.165) is 6.04 Å². The van der Waals surface area contributed by atoms with E-state index in [4.69, 9.17) is 0 Å². The summed E-state index contributed by atoms with van der Waals surface area (Å²) in [5, 5.41) is 0. The van der Waals surface area contributed by atoms with Crippen molar-refractivity contribution in [1.82, 2.24) is 4.57 Å². The van der Waals surface area contributed by atoms with Crippen LogP contribution in [0.4, 0.5) is 0 Å². The second-order valence-corrected chi connectivity index (χ2v) is 13.7. The molecule has 0 unspecified atom stereocenters. The second kappa shape index (κ2) is 4.72. The summed E-state index contributed by atoms with van der Waals surface area (Å²) >= 11 is 3.58. The summed E-state index contributed by atoms with van der Waals surface area (Å²) in [5.74, 6) is 0. The van der Waals surface area contributed by atoms with E-state index in [1.54, 1.807) is 0 Å². The van der Waals surface area contributed by atoms with Crippen LogP contribution in [0.25, 0.3) is 0 Å². The fourth-order valence-electron chi connectivity index (χ4n) is 0.392. The lowest BCUT2D eigenvalue weighted by atomic mass is 10.4. The lowest BCUT2D eigenvalue weighted by Gasteiger charge is -2.18. The van der Waals surface area contributed by atoms with Gasteiger partial charge in [-0.1, -0.05) is 13.8 Å². The molecule has 0 radical (unpaired) electrons. The largest absolute Gasteiger partial charge is 0.331 e. The molecule has 1 nitrogen and oxygen atoms in total. The molecule has 0 fully saturated rings. The summed E-state index contributed by atoms with van der Waals surface area (Å²) in [5.41, 5.74) is 0. The molecule has 4 heteroatoms. The van der Waals surface area contributed by atoms with E-state index < -0.39 is 0 Å². The average Bonchev–Trinajstić information content (AvgIpc) is 1.67. The van der Waals surface area contributed by atoms with Crippen molar-refractivity contribution >= 4 is 32.1 Å². The molecule has 0 aromatic rings. The van der Waals surface area contributed by atoms with Gasteiger partial charge in [0.05, 0.1) is 9.20 Å². The smallest absolute Gasteiger partial charge is 0.102 e. The van der Waals surface area contributed by atoms with E-state index in [1.165, 1.54) is 0 Å². The third kappa shape index (κ3) is 3.83. The predicted molar refractivity (Wildman–Crippen MR) is 48.9 cm³/mol. The fraction of sp³-hybridized carbons (Fsp3) is 1.00. The van der Waals surface area contributed by atoms with Crippen molar-refractivity contribution in [3.8, 4) is 0 Å². The monoisotopic (exact) mass is 211 g/mol. The van der Waals surface area contributed by atoms with Crippen LogP contribution in [0, 0.1) is 0 Å². The Morgan fingerprint density at radius 3 is 2.12 bits per heavy atom. The van der Waals surface area contributed by atoms with E-state index in [-0.39, 0.29) is 16.9 Å². The van der Waals surface area contributed by atoms with Crippen molar-refractivity contribution in [2.45, 2.75) is 19.9 Å². The molecule has 0 heterocycles. The molecule has 0 aliphatic heterocycles. The number of rotatable bonds is 3. The maximum Gasteiger partial charge on any atom is 0.102 e. The normalized spacial score (nSPS) is 14.2. The molecule has 0 aliphatic rings. The Morgan fingerprint density at radius 2 is 2.00 bits per heavy atom. The SMILES string of the molecule is CC(C)N(C)[SiH2][SiH2]Br. The van der Waals surface area contributed by atoms with Crippen LogP contribution in [0.5, 0.6) is 0 Å². The maximum absolute atomic E-state index is 3.58. The lowest BCUT2D eigenvalue weighted by molar-refractivity contribution is 0.448. The number of nitrogens with zero attached hydrogens (tertiary/aromatic N) is 1. The van der Waals surface area contributed by atoms with Crippen molar-refractivity contribution in [2.75, 3.05) is 7.05 Å². The molecule has 0 saturated carbocycles. The van der Waals surface area contributed by atoms with Crippen LogP contribution in [0.3, 0.4) is 0 Å². The molecule has 0 amide bonds. The number of hydrogen-bond donors (Lipinski definition) is 0. The zero-order valence-corrected chi connectivity index (χ0v) is 10.2. The highest BCUT2D eigenvalue weighted by Gasteiger charge is 1.99. The average molecular weight is 212 g/mol. The van der Waals surface area contributed by atoms with E-state index >= 15 is 0 Å². The maximum atomic E-state index is 3.58. The molecule has 0 rings (SSSR count). The first kappa shape index (κ1) is 8.87. The molecule has 0 spiro atoms. The molecule has 0 atom stereocenters. The van der Waals surface area contributed by atoms with Gasteiger partial charge in [-0.3, -0.25) is 0 Å². The van der Waals surface area contributed by atoms with Gasteiger partial charge in [0, 0.05) is 0 Å². The predicted octanol–water partition coefficient (Wildman–Crippen LogP) is -0.196. The molecule has 50 valence electrons. The molecular weight excluding hydrogens is 198 g/mol. The topological polar surface area (TPSA) is 3.24 Å². The van der Waals surface area contributed by atoms with Crippen LogP contribution < -0.4 is 0 Å². The van der Waals surface area contributed by atoms with Gasteiger partial charge < -0.3 is 4.57 Å². The highest BCUT2D eigenvalue weighted by molar-refractivity contribution is 9.24.